The van der Waals surface area contributed by atoms with E-state index in [0.29, 0.717) is 5.76 Å². The van der Waals surface area contributed by atoms with Gasteiger partial charge in [-0.05, 0) is 43.3 Å². The first kappa shape index (κ1) is 12.8. The summed E-state index contributed by atoms with van der Waals surface area (Å²) >= 11 is 0. The quantitative estimate of drug-likeness (QED) is 0.744. The molecule has 4 rings (SSSR count). The summed E-state index contributed by atoms with van der Waals surface area (Å²) < 4.78 is 12.0. The summed E-state index contributed by atoms with van der Waals surface area (Å²) in [5.74, 6) is 3.11. The Morgan fingerprint density at radius 2 is 1.50 bits per heavy atom. The second-order valence-corrected chi connectivity index (χ2v) is 5.04. The molecule has 22 heavy (non-hydrogen) atoms. The minimum absolute atomic E-state index is 0.696. The van der Waals surface area contributed by atoms with E-state index < -0.39 is 0 Å². The van der Waals surface area contributed by atoms with Crippen molar-refractivity contribution in [3.05, 3.63) is 84.5 Å². The molecule has 0 saturated heterocycles. The zero-order valence-corrected chi connectivity index (χ0v) is 12.2. The summed E-state index contributed by atoms with van der Waals surface area (Å²) in [6.07, 6.45) is 3.66. The van der Waals surface area contributed by atoms with Gasteiger partial charge in [0, 0.05) is 0 Å². The Bertz CT molecular complexity index is 833. The number of fused-ring (bicyclic) bond motifs is 5. The molecule has 2 aromatic rings. The lowest BCUT2D eigenvalue weighted by molar-refractivity contribution is 0.384. The molecule has 0 spiro atoms. The van der Waals surface area contributed by atoms with Gasteiger partial charge in [-0.15, -0.1) is 0 Å². The summed E-state index contributed by atoms with van der Waals surface area (Å²) in [5.41, 5.74) is 2.88. The molecule has 0 fully saturated rings. The molecule has 0 bridgehead atoms. The van der Waals surface area contributed by atoms with Gasteiger partial charge >= 0.3 is 0 Å². The van der Waals surface area contributed by atoms with Crippen molar-refractivity contribution in [2.45, 2.75) is 6.92 Å². The number of hydrogen-bond donors (Lipinski definition) is 0. The van der Waals surface area contributed by atoms with Crippen molar-refractivity contribution in [2.75, 3.05) is 4.90 Å². The summed E-state index contributed by atoms with van der Waals surface area (Å²) in [5, 5.41) is 0. The molecule has 108 valence electrons. The SMILES string of the molecule is C=CC1=C2/C(=C\C)Oc3ccccc3N2c2ccccc2O1. The summed E-state index contributed by atoms with van der Waals surface area (Å²) in [6.45, 7) is 5.83. The van der Waals surface area contributed by atoms with Gasteiger partial charge < -0.3 is 9.47 Å². The van der Waals surface area contributed by atoms with E-state index in [4.69, 9.17) is 9.47 Å². The number of allylic oxidation sites excluding steroid dienone is 2. The van der Waals surface area contributed by atoms with E-state index in [1.54, 1.807) is 6.08 Å². The maximum atomic E-state index is 6.03. The van der Waals surface area contributed by atoms with Crippen molar-refractivity contribution in [3.63, 3.8) is 0 Å². The molecular formula is C19H15NO2. The molecule has 0 unspecified atom stereocenters. The lowest BCUT2D eigenvalue weighted by atomic mass is 10.1. The first-order valence-electron chi connectivity index (χ1n) is 7.20. The fourth-order valence-electron chi connectivity index (χ4n) is 2.84. The Balaban J connectivity index is 2.06. The Morgan fingerprint density at radius 1 is 0.909 bits per heavy atom. The molecule has 0 amide bonds. The summed E-state index contributed by atoms with van der Waals surface area (Å²) in [6, 6.07) is 16.0. The molecule has 2 aromatic carbocycles. The number of para-hydroxylation sites is 4. The fraction of sp³-hybridized carbons (Fsp3) is 0.0526. The van der Waals surface area contributed by atoms with Gasteiger partial charge in [-0.3, -0.25) is 4.90 Å². The van der Waals surface area contributed by atoms with Crippen LogP contribution >= 0.6 is 0 Å². The van der Waals surface area contributed by atoms with Crippen molar-refractivity contribution in [1.29, 1.82) is 0 Å². The summed E-state index contributed by atoms with van der Waals surface area (Å²) in [4.78, 5) is 2.17. The van der Waals surface area contributed by atoms with Crippen LogP contribution in [0, 0.1) is 0 Å². The summed E-state index contributed by atoms with van der Waals surface area (Å²) in [7, 11) is 0. The predicted octanol–water partition coefficient (Wildman–Crippen LogP) is 4.91. The number of nitrogens with zero attached hydrogens (tertiary/aromatic N) is 1. The van der Waals surface area contributed by atoms with Crippen LogP contribution in [0.15, 0.2) is 84.5 Å². The zero-order valence-electron chi connectivity index (χ0n) is 12.2. The Labute approximate surface area is 129 Å². The van der Waals surface area contributed by atoms with Crippen LogP contribution in [0.3, 0.4) is 0 Å². The topological polar surface area (TPSA) is 21.7 Å². The van der Waals surface area contributed by atoms with Crippen molar-refractivity contribution < 1.29 is 9.47 Å². The van der Waals surface area contributed by atoms with Gasteiger partial charge in [-0.2, -0.15) is 0 Å². The molecule has 0 atom stereocenters. The van der Waals surface area contributed by atoms with Gasteiger partial charge in [0.1, 0.15) is 5.70 Å². The van der Waals surface area contributed by atoms with Gasteiger partial charge in [-0.1, -0.05) is 30.8 Å². The van der Waals surface area contributed by atoms with Crippen molar-refractivity contribution >= 4 is 11.4 Å². The molecule has 2 aliphatic heterocycles. The molecule has 2 aliphatic rings. The van der Waals surface area contributed by atoms with E-state index in [1.165, 1.54) is 0 Å². The van der Waals surface area contributed by atoms with Crippen molar-refractivity contribution in [2.24, 2.45) is 0 Å². The number of hydrogen-bond acceptors (Lipinski definition) is 3. The third-order valence-electron chi connectivity index (χ3n) is 3.79. The van der Waals surface area contributed by atoms with Crippen LogP contribution in [-0.4, -0.2) is 0 Å². The van der Waals surface area contributed by atoms with Crippen LogP contribution in [-0.2, 0) is 0 Å². The molecule has 0 radical (unpaired) electrons. The third-order valence-corrected chi connectivity index (χ3v) is 3.79. The standard InChI is InChI=1S/C19H15NO2/c1-3-15-19-16(4-2)22-18-12-8-6-10-14(18)20(19)13-9-5-7-11-17(13)21-15/h3-12H,1H2,2H3/b16-4+. The van der Waals surface area contributed by atoms with Gasteiger partial charge in [0.05, 0.1) is 11.4 Å². The van der Waals surface area contributed by atoms with E-state index in [2.05, 4.69) is 11.5 Å². The van der Waals surface area contributed by atoms with Crippen molar-refractivity contribution in [1.82, 2.24) is 0 Å². The van der Waals surface area contributed by atoms with E-state index >= 15 is 0 Å². The molecule has 0 N–H and O–H groups in total. The molecule has 3 heteroatoms. The lowest BCUT2D eigenvalue weighted by Gasteiger charge is -2.38. The monoisotopic (exact) mass is 289 g/mol. The number of ether oxygens (including phenoxy) is 2. The highest BCUT2D eigenvalue weighted by atomic mass is 16.5. The largest absolute Gasteiger partial charge is 0.453 e. The van der Waals surface area contributed by atoms with E-state index in [1.807, 2.05) is 61.5 Å². The highest BCUT2D eigenvalue weighted by Gasteiger charge is 2.35. The van der Waals surface area contributed by atoms with Crippen LogP contribution in [0.1, 0.15) is 6.92 Å². The number of rotatable bonds is 1. The Morgan fingerprint density at radius 3 is 2.09 bits per heavy atom. The Kier molecular flexibility index (Phi) is 2.79. The minimum Gasteiger partial charge on any atom is -0.453 e. The van der Waals surface area contributed by atoms with Gasteiger partial charge in [0.25, 0.3) is 0 Å². The van der Waals surface area contributed by atoms with Gasteiger partial charge in [0.15, 0.2) is 23.0 Å². The molecule has 2 heterocycles. The molecule has 0 aromatic heterocycles. The minimum atomic E-state index is 0.696. The number of benzene rings is 2. The average Bonchev–Trinajstić information content (AvgIpc) is 2.59. The highest BCUT2D eigenvalue weighted by Crippen LogP contribution is 2.50. The fourth-order valence-corrected chi connectivity index (χ4v) is 2.84. The lowest BCUT2D eigenvalue weighted by Crippen LogP contribution is -2.30. The number of anilines is 2. The van der Waals surface area contributed by atoms with Gasteiger partial charge in [-0.25, -0.2) is 0 Å². The van der Waals surface area contributed by atoms with Crippen LogP contribution in [0.2, 0.25) is 0 Å². The van der Waals surface area contributed by atoms with Gasteiger partial charge in [0.2, 0.25) is 0 Å². The first-order chi connectivity index (χ1) is 10.8. The first-order valence-corrected chi connectivity index (χ1v) is 7.20. The van der Waals surface area contributed by atoms with E-state index in [-0.39, 0.29) is 0 Å². The highest BCUT2D eigenvalue weighted by molar-refractivity contribution is 5.83. The van der Waals surface area contributed by atoms with Crippen LogP contribution in [0.5, 0.6) is 11.5 Å². The van der Waals surface area contributed by atoms with E-state index in [9.17, 15) is 0 Å². The van der Waals surface area contributed by atoms with Crippen molar-refractivity contribution in [3.8, 4) is 11.5 Å². The molecule has 0 aliphatic carbocycles. The molecule has 0 saturated carbocycles. The molecular weight excluding hydrogens is 274 g/mol. The molecule has 3 nitrogen and oxygen atoms in total. The second kappa shape index (κ2) is 4.81. The second-order valence-electron chi connectivity index (χ2n) is 5.04. The average molecular weight is 289 g/mol. The Hall–Kier alpha value is -2.94. The maximum Gasteiger partial charge on any atom is 0.154 e. The smallest absolute Gasteiger partial charge is 0.154 e. The third kappa shape index (κ3) is 1.69. The van der Waals surface area contributed by atoms with E-state index in [0.717, 1.165) is 34.3 Å². The van der Waals surface area contributed by atoms with Crippen LogP contribution < -0.4 is 14.4 Å². The predicted molar refractivity (Wildman–Crippen MR) is 87.3 cm³/mol. The normalized spacial score (nSPS) is 17.1. The van der Waals surface area contributed by atoms with Crippen LogP contribution in [0.25, 0.3) is 0 Å². The maximum absolute atomic E-state index is 6.03. The zero-order chi connectivity index (χ0) is 15.1. The van der Waals surface area contributed by atoms with Crippen LogP contribution in [0.4, 0.5) is 11.4 Å².